The van der Waals surface area contributed by atoms with Crippen LogP contribution in [0.25, 0.3) is 0 Å². The molecule has 0 nitrogen and oxygen atoms in total. The molecule has 0 aliphatic carbocycles. The molecule has 0 radical (unpaired) electrons. The standard InChI is InChI=1S/C12H20Si/c1-4-11-9-7-8-10-12(11)13(5-2)6-3/h7-10,13H,4-6H2,1-3H3. The van der Waals surface area contributed by atoms with Gasteiger partial charge in [-0.05, 0) is 12.0 Å². The molecule has 1 aromatic carbocycles. The van der Waals surface area contributed by atoms with E-state index in [1.165, 1.54) is 18.5 Å². The van der Waals surface area contributed by atoms with Crippen molar-refractivity contribution in [3.63, 3.8) is 0 Å². The fraction of sp³-hybridized carbons (Fsp3) is 0.500. The molecule has 1 aromatic rings. The van der Waals surface area contributed by atoms with Gasteiger partial charge in [-0.1, -0.05) is 62.3 Å². The minimum absolute atomic E-state index is 0.607. The fourth-order valence-corrected chi connectivity index (χ4v) is 4.65. The summed E-state index contributed by atoms with van der Waals surface area (Å²) in [7, 11) is -0.607. The molecule has 0 unspecified atom stereocenters. The Balaban J connectivity index is 2.96. The van der Waals surface area contributed by atoms with E-state index in [1.807, 2.05) is 0 Å². The lowest BCUT2D eigenvalue weighted by Crippen LogP contribution is -2.31. The van der Waals surface area contributed by atoms with Crippen LogP contribution in [-0.2, 0) is 6.42 Å². The van der Waals surface area contributed by atoms with Crippen LogP contribution in [0.1, 0.15) is 26.3 Å². The van der Waals surface area contributed by atoms with Gasteiger partial charge in [0.25, 0.3) is 0 Å². The largest absolute Gasteiger partial charge is 0.0706 e. The molecule has 0 heterocycles. The minimum Gasteiger partial charge on any atom is -0.0677 e. The van der Waals surface area contributed by atoms with Gasteiger partial charge < -0.3 is 0 Å². The third kappa shape index (κ3) is 2.44. The summed E-state index contributed by atoms with van der Waals surface area (Å²) in [6, 6.07) is 11.8. The quantitative estimate of drug-likeness (QED) is 0.644. The topological polar surface area (TPSA) is 0 Å². The van der Waals surface area contributed by atoms with Crippen molar-refractivity contribution in [2.45, 2.75) is 39.3 Å². The second kappa shape index (κ2) is 5.23. The van der Waals surface area contributed by atoms with Crippen LogP contribution in [0, 0.1) is 0 Å². The lowest BCUT2D eigenvalue weighted by Gasteiger charge is -2.14. The molecule has 0 spiro atoms. The van der Waals surface area contributed by atoms with Crippen LogP contribution >= 0.6 is 0 Å². The maximum absolute atomic E-state index is 2.35. The van der Waals surface area contributed by atoms with Gasteiger partial charge in [-0.3, -0.25) is 0 Å². The van der Waals surface area contributed by atoms with E-state index < -0.39 is 8.80 Å². The van der Waals surface area contributed by atoms with E-state index in [9.17, 15) is 0 Å². The van der Waals surface area contributed by atoms with Gasteiger partial charge in [0.05, 0.1) is 8.80 Å². The molecule has 0 amide bonds. The van der Waals surface area contributed by atoms with E-state index in [0.717, 1.165) is 0 Å². The second-order valence-corrected chi connectivity index (χ2v) is 7.21. The molecule has 0 saturated heterocycles. The number of rotatable bonds is 4. The van der Waals surface area contributed by atoms with Crippen molar-refractivity contribution < 1.29 is 0 Å². The molecule has 1 heteroatoms. The summed E-state index contributed by atoms with van der Waals surface area (Å²) < 4.78 is 0. The van der Waals surface area contributed by atoms with E-state index >= 15 is 0 Å². The zero-order chi connectivity index (χ0) is 9.68. The third-order valence-electron chi connectivity index (χ3n) is 2.86. The summed E-state index contributed by atoms with van der Waals surface area (Å²) in [4.78, 5) is 0. The van der Waals surface area contributed by atoms with Crippen LogP contribution in [0.15, 0.2) is 24.3 Å². The molecule has 0 aliphatic heterocycles. The molecule has 0 aliphatic rings. The van der Waals surface area contributed by atoms with Crippen LogP contribution in [0.2, 0.25) is 12.1 Å². The van der Waals surface area contributed by atoms with Crippen LogP contribution in [0.3, 0.4) is 0 Å². The van der Waals surface area contributed by atoms with Gasteiger partial charge in [-0.15, -0.1) is 0 Å². The highest BCUT2D eigenvalue weighted by Crippen LogP contribution is 2.05. The Labute approximate surface area is 83.6 Å². The van der Waals surface area contributed by atoms with Crippen molar-refractivity contribution in [2.24, 2.45) is 0 Å². The third-order valence-corrected chi connectivity index (χ3v) is 6.28. The fourth-order valence-electron chi connectivity index (χ4n) is 1.98. The van der Waals surface area contributed by atoms with Crippen molar-refractivity contribution in [1.82, 2.24) is 0 Å². The highest BCUT2D eigenvalue weighted by Gasteiger charge is 2.11. The smallest absolute Gasteiger partial charge is 0.0677 e. The number of aryl methyl sites for hydroxylation is 1. The summed E-state index contributed by atoms with van der Waals surface area (Å²) >= 11 is 0. The molecule has 0 bridgehead atoms. The van der Waals surface area contributed by atoms with Gasteiger partial charge in [-0.25, -0.2) is 0 Å². The maximum Gasteiger partial charge on any atom is 0.0706 e. The Bertz CT molecular complexity index is 251. The van der Waals surface area contributed by atoms with Crippen molar-refractivity contribution in [3.05, 3.63) is 29.8 Å². The summed E-state index contributed by atoms with van der Waals surface area (Å²) in [6.07, 6.45) is 1.19. The van der Waals surface area contributed by atoms with Gasteiger partial charge >= 0.3 is 0 Å². The van der Waals surface area contributed by atoms with Crippen LogP contribution in [0.5, 0.6) is 0 Å². The van der Waals surface area contributed by atoms with Crippen molar-refractivity contribution in [3.8, 4) is 0 Å². The average molecular weight is 192 g/mol. The molecule has 72 valence electrons. The molecule has 0 atom stereocenters. The van der Waals surface area contributed by atoms with Gasteiger partial charge in [0.1, 0.15) is 0 Å². The Hall–Kier alpha value is -0.563. The molecule has 0 N–H and O–H groups in total. The predicted molar refractivity (Wildman–Crippen MR) is 63.6 cm³/mol. The zero-order valence-electron chi connectivity index (χ0n) is 9.01. The number of benzene rings is 1. The minimum atomic E-state index is -0.607. The van der Waals surface area contributed by atoms with Crippen molar-refractivity contribution >= 4 is 14.0 Å². The monoisotopic (exact) mass is 192 g/mol. The normalized spacial score (nSPS) is 10.8. The van der Waals surface area contributed by atoms with Gasteiger partial charge in [0.2, 0.25) is 0 Å². The Morgan fingerprint density at radius 2 is 1.62 bits per heavy atom. The van der Waals surface area contributed by atoms with E-state index in [2.05, 4.69) is 45.0 Å². The average Bonchev–Trinajstić information content (AvgIpc) is 2.20. The number of hydrogen-bond donors (Lipinski definition) is 0. The first-order chi connectivity index (χ1) is 6.33. The Morgan fingerprint density at radius 3 is 2.15 bits per heavy atom. The lowest BCUT2D eigenvalue weighted by atomic mass is 10.2. The highest BCUT2D eigenvalue weighted by atomic mass is 28.3. The summed E-state index contributed by atoms with van der Waals surface area (Å²) in [5, 5.41) is 1.70. The first-order valence-corrected chi connectivity index (χ1v) is 7.62. The summed E-state index contributed by atoms with van der Waals surface area (Å²) in [5.74, 6) is 0. The molecular weight excluding hydrogens is 172 g/mol. The first kappa shape index (κ1) is 10.5. The SMILES string of the molecule is CCc1ccccc1[SiH](CC)CC. The van der Waals surface area contributed by atoms with Gasteiger partial charge in [0, 0.05) is 0 Å². The Morgan fingerprint density at radius 1 is 1.00 bits per heavy atom. The van der Waals surface area contributed by atoms with Gasteiger partial charge in [0.15, 0.2) is 0 Å². The number of hydrogen-bond acceptors (Lipinski definition) is 0. The van der Waals surface area contributed by atoms with Crippen molar-refractivity contribution in [2.75, 3.05) is 0 Å². The van der Waals surface area contributed by atoms with E-state index in [-0.39, 0.29) is 0 Å². The zero-order valence-corrected chi connectivity index (χ0v) is 10.2. The molecule has 1 rings (SSSR count). The molecule has 13 heavy (non-hydrogen) atoms. The first-order valence-electron chi connectivity index (χ1n) is 5.41. The molecule has 0 fully saturated rings. The Kier molecular flexibility index (Phi) is 4.23. The summed E-state index contributed by atoms with van der Waals surface area (Å²) in [5.41, 5.74) is 1.59. The second-order valence-electron chi connectivity index (χ2n) is 3.57. The highest BCUT2D eigenvalue weighted by molar-refractivity contribution is 6.73. The predicted octanol–water partition coefficient (Wildman–Crippen LogP) is 2.72. The van der Waals surface area contributed by atoms with Crippen LogP contribution in [0.4, 0.5) is 0 Å². The molecule has 0 aromatic heterocycles. The van der Waals surface area contributed by atoms with Crippen LogP contribution < -0.4 is 5.19 Å². The molecule has 0 saturated carbocycles. The maximum atomic E-state index is 2.35. The van der Waals surface area contributed by atoms with E-state index in [0.29, 0.717) is 0 Å². The summed E-state index contributed by atoms with van der Waals surface area (Å²) in [6.45, 7) is 6.94. The lowest BCUT2D eigenvalue weighted by molar-refractivity contribution is 1.15. The van der Waals surface area contributed by atoms with Crippen molar-refractivity contribution in [1.29, 1.82) is 0 Å². The van der Waals surface area contributed by atoms with E-state index in [4.69, 9.17) is 0 Å². The van der Waals surface area contributed by atoms with Gasteiger partial charge in [-0.2, -0.15) is 0 Å². The molecular formula is C12H20Si. The van der Waals surface area contributed by atoms with E-state index in [1.54, 1.807) is 10.8 Å². The van der Waals surface area contributed by atoms with Crippen LogP contribution in [-0.4, -0.2) is 8.80 Å².